The smallest absolute Gasteiger partial charge is 0.305 e. The van der Waals surface area contributed by atoms with Crippen LogP contribution in [0.1, 0.15) is 25.2 Å². The molecular weight excluding hydrogens is 317 g/mol. The van der Waals surface area contributed by atoms with Crippen molar-refractivity contribution in [3.05, 3.63) is 36.0 Å². The van der Waals surface area contributed by atoms with E-state index in [0.717, 1.165) is 0 Å². The van der Waals surface area contributed by atoms with E-state index in [-0.39, 0.29) is 31.1 Å². The highest BCUT2D eigenvalue weighted by Crippen LogP contribution is 2.16. The topological polar surface area (TPSA) is 96.5 Å². The molecular formula is C16H18FN3O4. The molecule has 8 heteroatoms. The van der Waals surface area contributed by atoms with Gasteiger partial charge in [0.2, 0.25) is 17.6 Å². The highest BCUT2D eigenvalue weighted by Gasteiger charge is 2.12. The summed E-state index contributed by atoms with van der Waals surface area (Å²) in [5, 5.41) is 12.4. The third-order valence-corrected chi connectivity index (χ3v) is 3.44. The van der Waals surface area contributed by atoms with Gasteiger partial charge in [-0.15, -0.1) is 0 Å². The lowest BCUT2D eigenvalue weighted by atomic mass is 10.2. The maximum absolute atomic E-state index is 12.9. The average Bonchev–Trinajstić information content (AvgIpc) is 3.02. The van der Waals surface area contributed by atoms with Crippen LogP contribution in [0.5, 0.6) is 0 Å². The highest BCUT2D eigenvalue weighted by atomic mass is 19.1. The van der Waals surface area contributed by atoms with Crippen LogP contribution in [0.15, 0.2) is 28.8 Å². The maximum atomic E-state index is 12.9. The number of carboxylic acid groups (broad SMARTS) is 1. The van der Waals surface area contributed by atoms with E-state index < -0.39 is 5.97 Å². The number of aromatic nitrogens is 2. The molecule has 1 amide bonds. The largest absolute Gasteiger partial charge is 0.481 e. The van der Waals surface area contributed by atoms with Gasteiger partial charge in [-0.05, 0) is 30.7 Å². The molecule has 7 nitrogen and oxygen atoms in total. The number of benzene rings is 1. The number of nitrogens with zero attached hydrogens (tertiary/aromatic N) is 3. The minimum absolute atomic E-state index is 0.0765. The molecule has 1 heterocycles. The Hall–Kier alpha value is -2.77. The van der Waals surface area contributed by atoms with Crippen LogP contribution in [0.2, 0.25) is 0 Å². The predicted octanol–water partition coefficient (Wildman–Crippen LogP) is 2.13. The third-order valence-electron chi connectivity index (χ3n) is 3.44. The normalized spacial score (nSPS) is 10.6. The first kappa shape index (κ1) is 17.6. The average molecular weight is 335 g/mol. The lowest BCUT2D eigenvalue weighted by molar-refractivity contribution is -0.138. The number of carbonyl (C=O) groups excluding carboxylic acids is 1. The monoisotopic (exact) mass is 335 g/mol. The second kappa shape index (κ2) is 8.19. The number of rotatable bonds is 8. The Kier molecular flexibility index (Phi) is 6.00. The lowest BCUT2D eigenvalue weighted by Gasteiger charge is -2.15. The molecule has 2 aromatic rings. The van der Waals surface area contributed by atoms with Gasteiger partial charge in [-0.25, -0.2) is 4.39 Å². The highest BCUT2D eigenvalue weighted by molar-refractivity contribution is 5.76. The molecule has 0 atom stereocenters. The molecule has 1 aromatic carbocycles. The van der Waals surface area contributed by atoms with Gasteiger partial charge in [0.25, 0.3) is 0 Å². The van der Waals surface area contributed by atoms with Crippen LogP contribution in [0.25, 0.3) is 11.4 Å². The van der Waals surface area contributed by atoms with Crippen molar-refractivity contribution in [1.29, 1.82) is 0 Å². The zero-order valence-corrected chi connectivity index (χ0v) is 13.2. The molecule has 0 radical (unpaired) electrons. The number of halogens is 1. The van der Waals surface area contributed by atoms with Crippen LogP contribution in [0.4, 0.5) is 4.39 Å². The van der Waals surface area contributed by atoms with Crippen molar-refractivity contribution >= 4 is 11.9 Å². The molecule has 0 unspecified atom stereocenters. The van der Waals surface area contributed by atoms with Crippen molar-refractivity contribution < 1.29 is 23.6 Å². The minimum atomic E-state index is -0.936. The maximum Gasteiger partial charge on any atom is 0.305 e. The summed E-state index contributed by atoms with van der Waals surface area (Å²) in [5.41, 5.74) is 0.649. The quantitative estimate of drug-likeness (QED) is 0.794. The van der Waals surface area contributed by atoms with Crippen LogP contribution >= 0.6 is 0 Å². The molecule has 1 N–H and O–H groups in total. The van der Waals surface area contributed by atoms with Crippen LogP contribution < -0.4 is 0 Å². The van der Waals surface area contributed by atoms with Gasteiger partial charge in [0.1, 0.15) is 5.82 Å². The fourth-order valence-corrected chi connectivity index (χ4v) is 2.04. The molecule has 0 bridgehead atoms. The number of aryl methyl sites for hydroxylation is 1. The first-order valence-corrected chi connectivity index (χ1v) is 7.50. The zero-order chi connectivity index (χ0) is 17.5. The molecule has 0 saturated carbocycles. The minimum Gasteiger partial charge on any atom is -0.481 e. The van der Waals surface area contributed by atoms with E-state index in [2.05, 4.69) is 10.1 Å². The van der Waals surface area contributed by atoms with Gasteiger partial charge in [0.15, 0.2) is 0 Å². The molecule has 24 heavy (non-hydrogen) atoms. The molecule has 128 valence electrons. The Morgan fingerprint density at radius 2 is 1.96 bits per heavy atom. The first-order valence-electron chi connectivity index (χ1n) is 7.50. The molecule has 2 rings (SSSR count). The fourth-order valence-electron chi connectivity index (χ4n) is 2.04. The van der Waals surface area contributed by atoms with Gasteiger partial charge < -0.3 is 14.5 Å². The molecule has 0 aliphatic carbocycles. The Labute approximate surface area is 138 Å². The number of hydrogen-bond donors (Lipinski definition) is 1. The van der Waals surface area contributed by atoms with Crippen molar-refractivity contribution in [2.75, 3.05) is 13.6 Å². The van der Waals surface area contributed by atoms with Crippen LogP contribution in [-0.2, 0) is 16.0 Å². The fraction of sp³-hybridized carbons (Fsp3) is 0.375. The molecule has 0 aliphatic heterocycles. The van der Waals surface area contributed by atoms with E-state index in [1.165, 1.54) is 17.0 Å². The SMILES string of the molecule is CN(CCC(=O)O)C(=O)CCCc1nc(-c2ccc(F)cc2)no1. The summed E-state index contributed by atoms with van der Waals surface area (Å²) in [7, 11) is 1.57. The van der Waals surface area contributed by atoms with Crippen LogP contribution in [0, 0.1) is 5.82 Å². The predicted molar refractivity (Wildman–Crippen MR) is 82.5 cm³/mol. The molecule has 0 fully saturated rings. The van der Waals surface area contributed by atoms with E-state index in [1.54, 1.807) is 19.2 Å². The molecule has 0 spiro atoms. The summed E-state index contributed by atoms with van der Waals surface area (Å²) in [4.78, 5) is 27.9. The number of carboxylic acids is 1. The van der Waals surface area contributed by atoms with Crippen LogP contribution in [0.3, 0.4) is 0 Å². The van der Waals surface area contributed by atoms with Crippen molar-refractivity contribution in [2.45, 2.75) is 25.7 Å². The van der Waals surface area contributed by atoms with E-state index in [4.69, 9.17) is 9.63 Å². The van der Waals surface area contributed by atoms with E-state index in [9.17, 15) is 14.0 Å². The van der Waals surface area contributed by atoms with Gasteiger partial charge in [0, 0.05) is 32.0 Å². The van der Waals surface area contributed by atoms with Gasteiger partial charge in [0.05, 0.1) is 6.42 Å². The van der Waals surface area contributed by atoms with E-state index in [0.29, 0.717) is 30.1 Å². The number of aliphatic carboxylic acids is 1. The Morgan fingerprint density at radius 3 is 2.62 bits per heavy atom. The van der Waals surface area contributed by atoms with Crippen molar-refractivity contribution in [3.8, 4) is 11.4 Å². The summed E-state index contributed by atoms with van der Waals surface area (Å²) in [6.45, 7) is 0.184. The van der Waals surface area contributed by atoms with Gasteiger partial charge in [-0.3, -0.25) is 9.59 Å². The van der Waals surface area contributed by atoms with E-state index in [1.807, 2.05) is 0 Å². The summed E-state index contributed by atoms with van der Waals surface area (Å²) < 4.78 is 18.0. The Balaban J connectivity index is 1.80. The molecule has 1 aromatic heterocycles. The summed E-state index contributed by atoms with van der Waals surface area (Å²) in [5.74, 6) is -0.637. The van der Waals surface area contributed by atoms with Crippen LogP contribution in [-0.4, -0.2) is 45.6 Å². The molecule has 0 saturated heterocycles. The number of hydrogen-bond acceptors (Lipinski definition) is 5. The zero-order valence-electron chi connectivity index (χ0n) is 13.2. The summed E-state index contributed by atoms with van der Waals surface area (Å²) in [6, 6.07) is 5.75. The third kappa shape index (κ3) is 5.15. The number of amides is 1. The van der Waals surface area contributed by atoms with Gasteiger partial charge in [-0.1, -0.05) is 5.16 Å². The van der Waals surface area contributed by atoms with Gasteiger partial charge >= 0.3 is 5.97 Å². The second-order valence-electron chi connectivity index (χ2n) is 5.33. The Morgan fingerprint density at radius 1 is 1.25 bits per heavy atom. The van der Waals surface area contributed by atoms with Crippen molar-refractivity contribution in [1.82, 2.24) is 15.0 Å². The van der Waals surface area contributed by atoms with Crippen molar-refractivity contribution in [3.63, 3.8) is 0 Å². The standard InChI is InChI=1S/C16H18FN3O4/c1-20(10-9-15(22)23)14(21)4-2-3-13-18-16(19-24-13)11-5-7-12(17)8-6-11/h5-8H,2-4,9-10H2,1H3,(H,22,23). The summed E-state index contributed by atoms with van der Waals surface area (Å²) >= 11 is 0. The van der Waals surface area contributed by atoms with Crippen molar-refractivity contribution in [2.24, 2.45) is 0 Å². The number of carbonyl (C=O) groups is 2. The second-order valence-corrected chi connectivity index (χ2v) is 5.33. The van der Waals surface area contributed by atoms with Gasteiger partial charge in [-0.2, -0.15) is 4.98 Å². The summed E-state index contributed by atoms with van der Waals surface area (Å²) in [6.07, 6.45) is 1.14. The molecule has 0 aliphatic rings. The first-order chi connectivity index (χ1) is 11.5. The lowest BCUT2D eigenvalue weighted by Crippen LogP contribution is -2.28. The Bertz CT molecular complexity index is 700. The van der Waals surface area contributed by atoms with E-state index >= 15 is 0 Å².